The molecule has 8 nitrogen and oxygen atoms in total. The first-order valence-electron chi connectivity index (χ1n) is 7.98. The molecule has 0 amide bonds. The maximum atomic E-state index is 12.8. The Labute approximate surface area is 144 Å². The molecule has 1 saturated carbocycles. The molecule has 0 bridgehead atoms. The van der Waals surface area contributed by atoms with E-state index >= 15 is 0 Å². The Balaban J connectivity index is 1.47. The van der Waals surface area contributed by atoms with E-state index in [9.17, 15) is 8.42 Å². The molecule has 24 heavy (non-hydrogen) atoms. The van der Waals surface area contributed by atoms with Crippen LogP contribution in [-0.4, -0.2) is 53.4 Å². The summed E-state index contributed by atoms with van der Waals surface area (Å²) in [6.07, 6.45) is 2.36. The van der Waals surface area contributed by atoms with Crippen LogP contribution in [0, 0.1) is 13.8 Å². The molecule has 2 aliphatic rings. The van der Waals surface area contributed by atoms with Crippen LogP contribution in [0.15, 0.2) is 9.42 Å². The van der Waals surface area contributed by atoms with Gasteiger partial charge < -0.3 is 9.42 Å². The standard InChI is InChI=1S/C14H19N5O3S2/c1-9-12(10(2)22-16-9)24(20,21)19-7-5-18(6-8-19)14-15-13(17-23-14)11-3-4-11/h11H,3-8H2,1-2H3. The van der Waals surface area contributed by atoms with Crippen molar-refractivity contribution in [2.24, 2.45) is 0 Å². The monoisotopic (exact) mass is 369 g/mol. The Morgan fingerprint density at radius 2 is 1.88 bits per heavy atom. The molecule has 130 valence electrons. The highest BCUT2D eigenvalue weighted by Crippen LogP contribution is 2.39. The number of sulfonamides is 1. The van der Waals surface area contributed by atoms with Crippen LogP contribution in [0.5, 0.6) is 0 Å². The molecule has 0 radical (unpaired) electrons. The van der Waals surface area contributed by atoms with Gasteiger partial charge in [-0.05, 0) is 26.7 Å². The smallest absolute Gasteiger partial charge is 0.248 e. The van der Waals surface area contributed by atoms with Gasteiger partial charge in [0.05, 0.1) is 0 Å². The summed E-state index contributed by atoms with van der Waals surface area (Å²) in [7, 11) is -3.57. The lowest BCUT2D eigenvalue weighted by atomic mass is 10.4. The van der Waals surface area contributed by atoms with Gasteiger partial charge in [-0.1, -0.05) is 5.16 Å². The minimum Gasteiger partial charge on any atom is -0.360 e. The Bertz CT molecular complexity index is 828. The Morgan fingerprint density at radius 3 is 2.46 bits per heavy atom. The van der Waals surface area contributed by atoms with Crippen LogP contribution in [0.1, 0.15) is 36.0 Å². The topological polar surface area (TPSA) is 92.4 Å². The van der Waals surface area contributed by atoms with Gasteiger partial charge in [0.1, 0.15) is 16.4 Å². The van der Waals surface area contributed by atoms with Crippen molar-refractivity contribution < 1.29 is 12.9 Å². The number of hydrogen-bond acceptors (Lipinski definition) is 8. The van der Waals surface area contributed by atoms with E-state index in [4.69, 9.17) is 4.52 Å². The molecular formula is C14H19N5O3S2. The van der Waals surface area contributed by atoms with E-state index in [-0.39, 0.29) is 4.90 Å². The molecule has 1 aliphatic carbocycles. The fourth-order valence-electron chi connectivity index (χ4n) is 2.95. The number of hydrogen-bond donors (Lipinski definition) is 0. The van der Waals surface area contributed by atoms with Crippen molar-refractivity contribution in [1.29, 1.82) is 0 Å². The first-order valence-corrected chi connectivity index (χ1v) is 10.2. The molecular weight excluding hydrogens is 350 g/mol. The third-order valence-electron chi connectivity index (χ3n) is 4.45. The van der Waals surface area contributed by atoms with Crippen molar-refractivity contribution in [3.05, 3.63) is 17.3 Å². The van der Waals surface area contributed by atoms with Gasteiger partial charge in [0.25, 0.3) is 0 Å². The van der Waals surface area contributed by atoms with Crippen LogP contribution in [0.4, 0.5) is 5.13 Å². The van der Waals surface area contributed by atoms with Crippen molar-refractivity contribution in [2.45, 2.75) is 37.5 Å². The number of rotatable bonds is 4. The zero-order valence-corrected chi connectivity index (χ0v) is 15.2. The van der Waals surface area contributed by atoms with Gasteiger partial charge in [-0.15, -0.1) is 0 Å². The first-order chi connectivity index (χ1) is 11.5. The van der Waals surface area contributed by atoms with Gasteiger partial charge in [-0.25, -0.2) is 13.4 Å². The molecule has 1 aliphatic heterocycles. The zero-order chi connectivity index (χ0) is 16.9. The van der Waals surface area contributed by atoms with Gasteiger partial charge in [-0.2, -0.15) is 8.68 Å². The summed E-state index contributed by atoms with van der Waals surface area (Å²) in [5.74, 6) is 1.82. The van der Waals surface area contributed by atoms with Crippen molar-refractivity contribution in [3.63, 3.8) is 0 Å². The second-order valence-electron chi connectivity index (χ2n) is 6.25. The van der Waals surface area contributed by atoms with Crippen LogP contribution in [0.25, 0.3) is 0 Å². The SMILES string of the molecule is Cc1noc(C)c1S(=O)(=O)N1CCN(c2nc(C3CC3)ns2)CC1. The molecule has 2 aromatic rings. The number of nitrogens with zero attached hydrogens (tertiary/aromatic N) is 5. The third-order valence-corrected chi connectivity index (χ3v) is 7.38. The lowest BCUT2D eigenvalue weighted by Gasteiger charge is -2.33. The quantitative estimate of drug-likeness (QED) is 0.807. The average molecular weight is 369 g/mol. The van der Waals surface area contributed by atoms with Crippen LogP contribution >= 0.6 is 11.5 Å². The number of piperazine rings is 1. The Morgan fingerprint density at radius 1 is 1.17 bits per heavy atom. The maximum absolute atomic E-state index is 12.8. The molecule has 0 atom stereocenters. The van der Waals surface area contributed by atoms with Crippen molar-refractivity contribution in [3.8, 4) is 0 Å². The number of aryl methyl sites for hydroxylation is 2. The van der Waals surface area contributed by atoms with Gasteiger partial charge in [-0.3, -0.25) is 0 Å². The van der Waals surface area contributed by atoms with Crippen molar-refractivity contribution >= 4 is 26.7 Å². The van der Waals surface area contributed by atoms with Gasteiger partial charge in [0.15, 0.2) is 5.76 Å². The van der Waals surface area contributed by atoms with E-state index in [1.807, 2.05) is 0 Å². The van der Waals surface area contributed by atoms with E-state index in [2.05, 4.69) is 19.4 Å². The van der Waals surface area contributed by atoms with E-state index < -0.39 is 10.0 Å². The normalized spacial score (nSPS) is 19.8. The van der Waals surface area contributed by atoms with Crippen molar-refractivity contribution in [1.82, 2.24) is 18.8 Å². The third kappa shape index (κ3) is 2.72. The Hall–Kier alpha value is -1.52. The van der Waals surface area contributed by atoms with Gasteiger partial charge in [0, 0.05) is 43.6 Å². The fraction of sp³-hybridized carbons (Fsp3) is 0.643. The molecule has 3 heterocycles. The lowest BCUT2D eigenvalue weighted by molar-refractivity contribution is 0.378. The second-order valence-corrected chi connectivity index (χ2v) is 8.86. The largest absolute Gasteiger partial charge is 0.360 e. The average Bonchev–Trinajstić information content (AvgIpc) is 3.19. The number of anilines is 1. The van der Waals surface area contributed by atoms with E-state index in [0.717, 1.165) is 11.0 Å². The molecule has 2 fully saturated rings. The van der Waals surface area contributed by atoms with Crippen LogP contribution in [0.3, 0.4) is 0 Å². The van der Waals surface area contributed by atoms with E-state index in [1.165, 1.54) is 28.7 Å². The molecule has 0 spiro atoms. The van der Waals surface area contributed by atoms with Crippen molar-refractivity contribution in [2.75, 3.05) is 31.1 Å². The fourth-order valence-corrected chi connectivity index (χ4v) is 5.46. The first kappa shape index (κ1) is 16.0. The van der Waals surface area contributed by atoms with Gasteiger partial charge in [0.2, 0.25) is 15.2 Å². The summed E-state index contributed by atoms with van der Waals surface area (Å²) < 4.78 is 36.6. The maximum Gasteiger partial charge on any atom is 0.248 e. The van der Waals surface area contributed by atoms with E-state index in [0.29, 0.717) is 43.6 Å². The highest BCUT2D eigenvalue weighted by Gasteiger charge is 2.34. The minimum atomic E-state index is -3.57. The second kappa shape index (κ2) is 5.78. The summed E-state index contributed by atoms with van der Waals surface area (Å²) >= 11 is 1.41. The summed E-state index contributed by atoms with van der Waals surface area (Å²) in [6, 6.07) is 0. The summed E-state index contributed by atoms with van der Waals surface area (Å²) in [5.41, 5.74) is 0.410. The van der Waals surface area contributed by atoms with Crippen LogP contribution in [0.2, 0.25) is 0 Å². The predicted molar refractivity (Wildman–Crippen MR) is 88.8 cm³/mol. The van der Waals surface area contributed by atoms with Crippen LogP contribution < -0.4 is 4.90 Å². The van der Waals surface area contributed by atoms with Gasteiger partial charge >= 0.3 is 0 Å². The van der Waals surface area contributed by atoms with Crippen LogP contribution in [-0.2, 0) is 10.0 Å². The molecule has 0 aromatic carbocycles. The molecule has 0 unspecified atom stereocenters. The highest BCUT2D eigenvalue weighted by atomic mass is 32.2. The number of aromatic nitrogens is 3. The zero-order valence-electron chi connectivity index (χ0n) is 13.6. The molecule has 1 saturated heterocycles. The summed E-state index contributed by atoms with van der Waals surface area (Å²) in [5, 5.41) is 4.65. The molecule has 4 rings (SSSR count). The lowest BCUT2D eigenvalue weighted by Crippen LogP contribution is -2.48. The highest BCUT2D eigenvalue weighted by molar-refractivity contribution is 7.89. The Kier molecular flexibility index (Phi) is 3.85. The summed E-state index contributed by atoms with van der Waals surface area (Å²) in [4.78, 5) is 6.91. The molecule has 0 N–H and O–H groups in total. The van der Waals surface area contributed by atoms with E-state index in [1.54, 1.807) is 13.8 Å². The summed E-state index contributed by atoms with van der Waals surface area (Å²) in [6.45, 7) is 5.35. The molecule has 2 aromatic heterocycles. The minimum absolute atomic E-state index is 0.197. The predicted octanol–water partition coefficient (Wildman–Crippen LogP) is 1.53. The molecule has 10 heteroatoms.